The molecule has 1 saturated carbocycles. The van der Waals surface area contributed by atoms with Crippen LogP contribution >= 0.6 is 0 Å². The molecular weight excluding hydrogens is 431 g/mol. The van der Waals surface area contributed by atoms with Gasteiger partial charge in [0.05, 0.1) is 10.8 Å². The number of alkyl halides is 3. The van der Waals surface area contributed by atoms with Crippen LogP contribution in [0.25, 0.3) is 0 Å². The summed E-state index contributed by atoms with van der Waals surface area (Å²) in [6, 6.07) is 5.88. The smallest absolute Gasteiger partial charge is 0.335 e. The number of hydrogen-bond acceptors (Lipinski definition) is 3. The molecule has 1 saturated heterocycles. The maximum absolute atomic E-state index is 13.0. The second-order valence-electron chi connectivity index (χ2n) is 8.67. The minimum Gasteiger partial charge on any atom is -0.335 e. The molecule has 2 aliphatic rings. The summed E-state index contributed by atoms with van der Waals surface area (Å²) in [5.41, 5.74) is 1.05. The SMILES string of the molecule is CC(C)c1ccc(S(=O)(=O)N2CCN(C(=O)NC3CCCC(C(F)(F)F)C3)CC2)cc1. The molecule has 2 atom stereocenters. The Labute approximate surface area is 181 Å². The summed E-state index contributed by atoms with van der Waals surface area (Å²) in [4.78, 5) is 14.2. The first kappa shape index (κ1) is 23.8. The van der Waals surface area contributed by atoms with E-state index in [0.717, 1.165) is 5.56 Å². The van der Waals surface area contributed by atoms with Crippen LogP contribution in [0.1, 0.15) is 51.0 Å². The number of piperazine rings is 1. The van der Waals surface area contributed by atoms with Gasteiger partial charge in [-0.15, -0.1) is 0 Å². The van der Waals surface area contributed by atoms with Crippen molar-refractivity contribution in [1.29, 1.82) is 0 Å². The van der Waals surface area contributed by atoms with Crippen LogP contribution in [0, 0.1) is 5.92 Å². The average Bonchev–Trinajstić information content (AvgIpc) is 2.73. The molecule has 0 bridgehead atoms. The lowest BCUT2D eigenvalue weighted by Crippen LogP contribution is -2.55. The van der Waals surface area contributed by atoms with Gasteiger partial charge in [0, 0.05) is 32.2 Å². The number of sulfonamides is 1. The van der Waals surface area contributed by atoms with Crippen LogP contribution in [0.4, 0.5) is 18.0 Å². The molecule has 10 heteroatoms. The monoisotopic (exact) mass is 461 g/mol. The Balaban J connectivity index is 1.54. The van der Waals surface area contributed by atoms with Gasteiger partial charge in [0.2, 0.25) is 10.0 Å². The van der Waals surface area contributed by atoms with Crippen molar-refractivity contribution in [3.8, 4) is 0 Å². The number of carbonyl (C=O) groups excluding carboxylic acids is 1. The van der Waals surface area contributed by atoms with E-state index in [-0.39, 0.29) is 43.9 Å². The van der Waals surface area contributed by atoms with Crippen molar-refractivity contribution in [3.63, 3.8) is 0 Å². The Morgan fingerprint density at radius 2 is 1.68 bits per heavy atom. The summed E-state index contributed by atoms with van der Waals surface area (Å²) in [5.74, 6) is -1.08. The first-order chi connectivity index (χ1) is 14.5. The van der Waals surface area contributed by atoms with Gasteiger partial charge >= 0.3 is 12.2 Å². The number of urea groups is 1. The molecule has 2 fully saturated rings. The highest BCUT2D eigenvalue weighted by Gasteiger charge is 2.42. The molecule has 1 heterocycles. The number of nitrogens with one attached hydrogen (secondary N) is 1. The number of benzene rings is 1. The second-order valence-corrected chi connectivity index (χ2v) is 10.6. The zero-order valence-corrected chi connectivity index (χ0v) is 18.7. The van der Waals surface area contributed by atoms with Crippen molar-refractivity contribution >= 4 is 16.1 Å². The standard InChI is InChI=1S/C21H30F3N3O3S/c1-15(2)16-6-8-19(9-7-16)31(29,30)27-12-10-26(11-13-27)20(28)25-18-5-3-4-17(14-18)21(22,23)24/h6-9,15,17-18H,3-5,10-14H2,1-2H3,(H,25,28). The van der Waals surface area contributed by atoms with Gasteiger partial charge in [-0.2, -0.15) is 17.5 Å². The topological polar surface area (TPSA) is 69.7 Å². The third-order valence-electron chi connectivity index (χ3n) is 6.18. The maximum Gasteiger partial charge on any atom is 0.391 e. The molecule has 0 aromatic heterocycles. The summed E-state index contributed by atoms with van der Waals surface area (Å²) in [6.07, 6.45) is -3.28. The molecule has 6 nitrogen and oxygen atoms in total. The van der Waals surface area contributed by atoms with Gasteiger partial charge in [0.15, 0.2) is 0 Å². The van der Waals surface area contributed by atoms with E-state index in [2.05, 4.69) is 5.32 Å². The molecule has 0 radical (unpaired) electrons. The predicted molar refractivity (Wildman–Crippen MR) is 111 cm³/mol. The highest BCUT2D eigenvalue weighted by atomic mass is 32.2. The summed E-state index contributed by atoms with van der Waals surface area (Å²) in [7, 11) is -3.65. The minimum absolute atomic E-state index is 0.101. The van der Waals surface area contributed by atoms with E-state index >= 15 is 0 Å². The Hall–Kier alpha value is -1.81. The lowest BCUT2D eigenvalue weighted by molar-refractivity contribution is -0.183. The van der Waals surface area contributed by atoms with Crippen molar-refractivity contribution in [2.24, 2.45) is 5.92 Å². The summed E-state index contributed by atoms with van der Waals surface area (Å²) < 4.78 is 66.1. The Kier molecular flexibility index (Phi) is 7.20. The zero-order chi connectivity index (χ0) is 22.8. The van der Waals surface area contributed by atoms with Crippen LogP contribution in [0.5, 0.6) is 0 Å². The van der Waals surface area contributed by atoms with Crippen LogP contribution < -0.4 is 5.32 Å². The molecule has 2 unspecified atom stereocenters. The second kappa shape index (κ2) is 9.36. The van der Waals surface area contributed by atoms with E-state index < -0.39 is 34.2 Å². The van der Waals surface area contributed by atoms with E-state index in [9.17, 15) is 26.4 Å². The highest BCUT2D eigenvalue weighted by Crippen LogP contribution is 2.37. The Morgan fingerprint density at radius 3 is 2.23 bits per heavy atom. The number of hydrogen-bond donors (Lipinski definition) is 1. The number of amides is 2. The highest BCUT2D eigenvalue weighted by molar-refractivity contribution is 7.89. The van der Waals surface area contributed by atoms with E-state index in [1.54, 1.807) is 24.3 Å². The van der Waals surface area contributed by atoms with Crippen LogP contribution in [-0.2, 0) is 10.0 Å². The molecule has 1 N–H and O–H groups in total. The van der Waals surface area contributed by atoms with Gasteiger partial charge in [-0.1, -0.05) is 32.4 Å². The molecular formula is C21H30F3N3O3S. The van der Waals surface area contributed by atoms with E-state index in [0.29, 0.717) is 18.8 Å². The summed E-state index contributed by atoms with van der Waals surface area (Å²) in [6.45, 7) is 4.76. The van der Waals surface area contributed by atoms with Gasteiger partial charge in [-0.25, -0.2) is 13.2 Å². The molecule has 1 aliphatic carbocycles. The lowest BCUT2D eigenvalue weighted by atomic mass is 9.85. The maximum atomic E-state index is 13.0. The minimum atomic E-state index is -4.24. The normalized spacial score (nSPS) is 23.7. The van der Waals surface area contributed by atoms with E-state index in [4.69, 9.17) is 0 Å². The van der Waals surface area contributed by atoms with Crippen molar-refractivity contribution in [1.82, 2.24) is 14.5 Å². The fourth-order valence-electron chi connectivity index (χ4n) is 4.19. The summed E-state index contributed by atoms with van der Waals surface area (Å²) >= 11 is 0. The van der Waals surface area contributed by atoms with Crippen LogP contribution in [0.3, 0.4) is 0 Å². The Morgan fingerprint density at radius 1 is 1.06 bits per heavy atom. The third-order valence-corrected chi connectivity index (χ3v) is 8.09. The van der Waals surface area contributed by atoms with Crippen LogP contribution in [0.15, 0.2) is 29.2 Å². The fraction of sp³-hybridized carbons (Fsp3) is 0.667. The van der Waals surface area contributed by atoms with E-state index in [1.807, 2.05) is 13.8 Å². The molecule has 0 spiro atoms. The van der Waals surface area contributed by atoms with Gasteiger partial charge < -0.3 is 10.2 Å². The molecule has 1 aliphatic heterocycles. The molecule has 174 valence electrons. The zero-order valence-electron chi connectivity index (χ0n) is 17.9. The fourth-order valence-corrected chi connectivity index (χ4v) is 5.61. The van der Waals surface area contributed by atoms with Crippen LogP contribution in [-0.4, -0.2) is 62.1 Å². The van der Waals surface area contributed by atoms with Crippen molar-refractivity contribution < 1.29 is 26.4 Å². The van der Waals surface area contributed by atoms with Gasteiger partial charge in [0.1, 0.15) is 0 Å². The third kappa shape index (κ3) is 5.71. The predicted octanol–water partition coefficient (Wildman–Crippen LogP) is 3.95. The average molecular weight is 462 g/mol. The lowest BCUT2D eigenvalue weighted by Gasteiger charge is -2.36. The first-order valence-electron chi connectivity index (χ1n) is 10.7. The van der Waals surface area contributed by atoms with Crippen LogP contribution in [0.2, 0.25) is 0 Å². The quantitative estimate of drug-likeness (QED) is 0.738. The molecule has 1 aromatic rings. The summed E-state index contributed by atoms with van der Waals surface area (Å²) in [5, 5.41) is 2.71. The number of rotatable bonds is 4. The van der Waals surface area contributed by atoms with Crippen molar-refractivity contribution in [2.75, 3.05) is 26.2 Å². The molecule has 1 aromatic carbocycles. The van der Waals surface area contributed by atoms with Crippen molar-refractivity contribution in [3.05, 3.63) is 29.8 Å². The van der Waals surface area contributed by atoms with E-state index in [1.165, 1.54) is 9.21 Å². The van der Waals surface area contributed by atoms with Gasteiger partial charge in [-0.3, -0.25) is 0 Å². The van der Waals surface area contributed by atoms with Crippen molar-refractivity contribution in [2.45, 2.75) is 62.6 Å². The number of nitrogens with zero attached hydrogens (tertiary/aromatic N) is 2. The largest absolute Gasteiger partial charge is 0.391 e. The molecule has 3 rings (SSSR count). The molecule has 2 amide bonds. The number of carbonyl (C=O) groups is 1. The van der Waals surface area contributed by atoms with Gasteiger partial charge in [0.25, 0.3) is 0 Å². The Bertz CT molecular complexity index is 864. The number of halogens is 3. The van der Waals surface area contributed by atoms with Gasteiger partial charge in [-0.05, 0) is 42.9 Å². The first-order valence-corrected chi connectivity index (χ1v) is 12.1. The molecule has 31 heavy (non-hydrogen) atoms.